The van der Waals surface area contributed by atoms with Gasteiger partial charge in [-0.2, -0.15) is 0 Å². The highest BCUT2D eigenvalue weighted by Gasteiger charge is 2.21. The summed E-state index contributed by atoms with van der Waals surface area (Å²) in [6.45, 7) is 5.93. The van der Waals surface area contributed by atoms with Gasteiger partial charge in [0.25, 0.3) is 0 Å². The summed E-state index contributed by atoms with van der Waals surface area (Å²) in [7, 11) is 3.32. The first-order valence-corrected chi connectivity index (χ1v) is 9.64. The van der Waals surface area contributed by atoms with E-state index in [9.17, 15) is 4.79 Å². The van der Waals surface area contributed by atoms with E-state index in [-0.39, 0.29) is 11.9 Å². The molecular formula is C22H29N3O3. The molecule has 0 aliphatic carbocycles. The zero-order chi connectivity index (χ0) is 19.9. The second-order valence-electron chi connectivity index (χ2n) is 6.99. The first-order chi connectivity index (χ1) is 13.6. The molecule has 28 heavy (non-hydrogen) atoms. The number of piperazine rings is 1. The predicted octanol–water partition coefficient (Wildman–Crippen LogP) is 2.70. The van der Waals surface area contributed by atoms with Crippen LogP contribution in [0.2, 0.25) is 0 Å². The second kappa shape index (κ2) is 9.46. The lowest BCUT2D eigenvalue weighted by atomic mass is 10.1. The van der Waals surface area contributed by atoms with Crippen molar-refractivity contribution in [3.8, 4) is 11.5 Å². The Hall–Kier alpha value is -2.73. The molecule has 3 rings (SSSR count). The van der Waals surface area contributed by atoms with Crippen LogP contribution in [0.5, 0.6) is 11.5 Å². The average Bonchev–Trinajstić information content (AvgIpc) is 2.74. The van der Waals surface area contributed by atoms with Crippen molar-refractivity contribution in [1.82, 2.24) is 10.2 Å². The van der Waals surface area contributed by atoms with E-state index in [1.165, 1.54) is 5.69 Å². The van der Waals surface area contributed by atoms with Gasteiger partial charge in [0.1, 0.15) is 11.5 Å². The largest absolute Gasteiger partial charge is 0.497 e. The van der Waals surface area contributed by atoms with Crippen molar-refractivity contribution in [2.24, 2.45) is 0 Å². The van der Waals surface area contributed by atoms with E-state index in [0.717, 1.165) is 43.2 Å². The highest BCUT2D eigenvalue weighted by Crippen LogP contribution is 2.24. The Bertz CT molecular complexity index is 771. The Morgan fingerprint density at radius 2 is 1.68 bits per heavy atom. The van der Waals surface area contributed by atoms with E-state index in [0.29, 0.717) is 6.54 Å². The van der Waals surface area contributed by atoms with Gasteiger partial charge in [-0.1, -0.05) is 18.2 Å². The molecule has 150 valence electrons. The van der Waals surface area contributed by atoms with Crippen molar-refractivity contribution in [1.29, 1.82) is 0 Å². The number of nitrogens with one attached hydrogen (secondary N) is 1. The zero-order valence-corrected chi connectivity index (χ0v) is 16.9. The van der Waals surface area contributed by atoms with Crippen molar-refractivity contribution in [3.05, 3.63) is 54.1 Å². The van der Waals surface area contributed by atoms with E-state index in [1.54, 1.807) is 14.2 Å². The number of carbonyl (C=O) groups excluding carboxylic acids is 1. The summed E-state index contributed by atoms with van der Waals surface area (Å²) in [5, 5.41) is 3.09. The van der Waals surface area contributed by atoms with Crippen molar-refractivity contribution in [2.75, 3.05) is 51.8 Å². The molecule has 1 aliphatic heterocycles. The van der Waals surface area contributed by atoms with Crippen molar-refractivity contribution in [3.63, 3.8) is 0 Å². The minimum absolute atomic E-state index is 0.0382. The van der Waals surface area contributed by atoms with Gasteiger partial charge in [0.05, 0.1) is 26.8 Å². The fourth-order valence-electron chi connectivity index (χ4n) is 3.55. The highest BCUT2D eigenvalue weighted by molar-refractivity contribution is 5.78. The van der Waals surface area contributed by atoms with Gasteiger partial charge in [-0.05, 0) is 37.3 Å². The molecule has 1 saturated heterocycles. The Labute approximate surface area is 167 Å². The molecular weight excluding hydrogens is 354 g/mol. The van der Waals surface area contributed by atoms with Crippen LogP contribution in [0.25, 0.3) is 0 Å². The Morgan fingerprint density at radius 3 is 2.32 bits per heavy atom. The summed E-state index contributed by atoms with van der Waals surface area (Å²) < 4.78 is 10.6. The summed E-state index contributed by atoms with van der Waals surface area (Å²) in [4.78, 5) is 17.0. The lowest BCUT2D eigenvalue weighted by Gasteiger charge is -2.36. The molecule has 1 atom stereocenters. The quantitative estimate of drug-likeness (QED) is 0.797. The van der Waals surface area contributed by atoms with Crippen molar-refractivity contribution in [2.45, 2.75) is 13.0 Å². The number of hydrogen-bond acceptors (Lipinski definition) is 5. The first-order valence-electron chi connectivity index (χ1n) is 9.64. The maximum Gasteiger partial charge on any atom is 0.234 e. The fourth-order valence-corrected chi connectivity index (χ4v) is 3.55. The summed E-state index contributed by atoms with van der Waals surface area (Å²) in [5.74, 6) is 1.70. The minimum atomic E-state index is -0.0933. The van der Waals surface area contributed by atoms with Crippen LogP contribution >= 0.6 is 0 Å². The Morgan fingerprint density at radius 1 is 1.00 bits per heavy atom. The average molecular weight is 383 g/mol. The van der Waals surface area contributed by atoms with Crippen LogP contribution in [0.3, 0.4) is 0 Å². The monoisotopic (exact) mass is 383 g/mol. The second-order valence-corrected chi connectivity index (χ2v) is 6.99. The van der Waals surface area contributed by atoms with Gasteiger partial charge < -0.3 is 19.7 Å². The van der Waals surface area contributed by atoms with Gasteiger partial charge in [0, 0.05) is 37.4 Å². The summed E-state index contributed by atoms with van der Waals surface area (Å²) >= 11 is 0. The van der Waals surface area contributed by atoms with Crippen LogP contribution in [0.15, 0.2) is 48.5 Å². The van der Waals surface area contributed by atoms with Gasteiger partial charge in [-0.25, -0.2) is 0 Å². The van der Waals surface area contributed by atoms with Crippen LogP contribution in [-0.4, -0.2) is 57.8 Å². The predicted molar refractivity (Wildman–Crippen MR) is 111 cm³/mol. The Kier molecular flexibility index (Phi) is 6.76. The summed E-state index contributed by atoms with van der Waals surface area (Å²) in [5.41, 5.74) is 2.18. The van der Waals surface area contributed by atoms with Gasteiger partial charge in [0.2, 0.25) is 5.91 Å². The summed E-state index contributed by atoms with van der Waals surface area (Å²) in [6.07, 6.45) is 0. The molecule has 2 aromatic rings. The van der Waals surface area contributed by atoms with E-state index in [4.69, 9.17) is 9.47 Å². The third kappa shape index (κ3) is 4.95. The number of methoxy groups -OCH3 is 2. The molecule has 0 spiro atoms. The number of rotatable bonds is 7. The van der Waals surface area contributed by atoms with E-state index >= 15 is 0 Å². The van der Waals surface area contributed by atoms with Crippen molar-refractivity contribution < 1.29 is 14.3 Å². The van der Waals surface area contributed by atoms with Crippen LogP contribution in [0.1, 0.15) is 18.5 Å². The molecule has 0 bridgehead atoms. The number of ether oxygens (including phenoxy) is 2. The van der Waals surface area contributed by atoms with Crippen LogP contribution in [0.4, 0.5) is 5.69 Å². The standard InChI is InChI=1S/C22H29N3O3/c1-17(20-6-4-5-7-21(20)28-3)23-22(26)16-24-12-14-25(15-13-24)18-8-10-19(27-2)11-9-18/h4-11,17H,12-16H2,1-3H3,(H,23,26). The number of para-hydroxylation sites is 1. The number of benzene rings is 2. The normalized spacial score (nSPS) is 15.8. The van der Waals surface area contributed by atoms with E-state index in [1.807, 2.05) is 43.3 Å². The van der Waals surface area contributed by atoms with Gasteiger partial charge >= 0.3 is 0 Å². The van der Waals surface area contributed by atoms with Crippen LogP contribution < -0.4 is 19.7 Å². The SMILES string of the molecule is COc1ccc(N2CCN(CC(=O)NC(C)c3ccccc3OC)CC2)cc1. The third-order valence-corrected chi connectivity index (χ3v) is 5.16. The summed E-state index contributed by atoms with van der Waals surface area (Å²) in [6, 6.07) is 15.8. The molecule has 1 aliphatic rings. The molecule has 0 radical (unpaired) electrons. The number of nitrogens with zero attached hydrogens (tertiary/aromatic N) is 2. The number of amides is 1. The fraction of sp³-hybridized carbons (Fsp3) is 0.409. The van der Waals surface area contributed by atoms with Crippen LogP contribution in [-0.2, 0) is 4.79 Å². The van der Waals surface area contributed by atoms with Crippen molar-refractivity contribution >= 4 is 11.6 Å². The molecule has 1 fully saturated rings. The molecule has 0 aromatic heterocycles. The maximum atomic E-state index is 12.5. The number of hydrogen-bond donors (Lipinski definition) is 1. The molecule has 2 aromatic carbocycles. The lowest BCUT2D eigenvalue weighted by Crippen LogP contribution is -2.49. The minimum Gasteiger partial charge on any atom is -0.497 e. The van der Waals surface area contributed by atoms with Gasteiger partial charge in [-0.15, -0.1) is 0 Å². The molecule has 1 amide bonds. The number of carbonyl (C=O) groups is 1. The van der Waals surface area contributed by atoms with E-state index < -0.39 is 0 Å². The molecule has 6 nitrogen and oxygen atoms in total. The van der Waals surface area contributed by atoms with E-state index in [2.05, 4.69) is 27.2 Å². The molecule has 1 N–H and O–H groups in total. The molecule has 1 heterocycles. The third-order valence-electron chi connectivity index (χ3n) is 5.16. The smallest absolute Gasteiger partial charge is 0.234 e. The number of anilines is 1. The molecule has 1 unspecified atom stereocenters. The van der Waals surface area contributed by atoms with Crippen LogP contribution in [0, 0.1) is 0 Å². The lowest BCUT2D eigenvalue weighted by molar-refractivity contribution is -0.123. The molecule has 6 heteroatoms. The Balaban J connectivity index is 1.48. The maximum absolute atomic E-state index is 12.5. The first kappa shape index (κ1) is 20.0. The molecule has 0 saturated carbocycles. The topological polar surface area (TPSA) is 54.0 Å². The highest BCUT2D eigenvalue weighted by atomic mass is 16.5. The van der Waals surface area contributed by atoms with Gasteiger partial charge in [0.15, 0.2) is 0 Å². The zero-order valence-electron chi connectivity index (χ0n) is 16.9. The van der Waals surface area contributed by atoms with Gasteiger partial charge in [-0.3, -0.25) is 9.69 Å².